The Morgan fingerprint density at radius 3 is 2.76 bits per heavy atom. The summed E-state index contributed by atoms with van der Waals surface area (Å²) in [5.74, 6) is -0.661. The number of benzene rings is 2. The number of amides is 1. The third-order valence-corrected chi connectivity index (χ3v) is 5.17. The number of halogens is 1. The molecule has 0 N–H and O–H groups in total. The summed E-state index contributed by atoms with van der Waals surface area (Å²) in [6.45, 7) is 4.79. The van der Waals surface area contributed by atoms with Crippen LogP contribution in [0.4, 0.5) is 4.39 Å². The molecule has 0 fully saturated rings. The first-order valence-corrected chi connectivity index (χ1v) is 8.76. The molecule has 25 heavy (non-hydrogen) atoms. The lowest BCUT2D eigenvalue weighted by atomic mass is 10.1. The Balaban J connectivity index is 2.12. The molecule has 4 nitrogen and oxygen atoms in total. The fourth-order valence-corrected chi connectivity index (χ4v) is 3.66. The minimum Gasteiger partial charge on any atom is -0.383 e. The molecule has 1 aromatic heterocycles. The highest BCUT2D eigenvalue weighted by atomic mass is 32.1. The summed E-state index contributed by atoms with van der Waals surface area (Å²) < 4.78 is 21.8. The number of hydrogen-bond donors (Lipinski definition) is 0. The third-order valence-electron chi connectivity index (χ3n) is 4.12. The van der Waals surface area contributed by atoms with Crippen LogP contribution in [0.25, 0.3) is 10.2 Å². The Bertz CT molecular complexity index is 1000. The van der Waals surface area contributed by atoms with Crippen molar-refractivity contribution in [1.82, 2.24) is 4.57 Å². The molecule has 6 heteroatoms. The van der Waals surface area contributed by atoms with Crippen LogP contribution in [0, 0.1) is 19.7 Å². The van der Waals surface area contributed by atoms with Gasteiger partial charge in [-0.05, 0) is 49.2 Å². The van der Waals surface area contributed by atoms with Crippen molar-refractivity contribution in [3.63, 3.8) is 0 Å². The van der Waals surface area contributed by atoms with E-state index in [1.54, 1.807) is 23.8 Å². The molecule has 0 aliphatic rings. The SMILES string of the molecule is COCCn1c(=NC(=O)c2ccc(C)c(C)c2)sc2cccc(F)c21. The van der Waals surface area contributed by atoms with Crippen LogP contribution in [0.5, 0.6) is 0 Å². The average Bonchev–Trinajstić information content (AvgIpc) is 2.93. The molecule has 0 aliphatic heterocycles. The summed E-state index contributed by atoms with van der Waals surface area (Å²) in [5, 5.41) is 0. The minimum atomic E-state index is -0.332. The molecule has 0 radical (unpaired) electrons. The van der Waals surface area contributed by atoms with E-state index in [-0.39, 0.29) is 11.7 Å². The maximum Gasteiger partial charge on any atom is 0.279 e. The second-order valence-electron chi connectivity index (χ2n) is 5.83. The molecule has 3 aromatic rings. The van der Waals surface area contributed by atoms with Gasteiger partial charge < -0.3 is 9.30 Å². The Labute approximate surface area is 149 Å². The summed E-state index contributed by atoms with van der Waals surface area (Å²) in [4.78, 5) is 17.3. The fourth-order valence-electron chi connectivity index (χ4n) is 2.59. The van der Waals surface area contributed by atoms with Crippen LogP contribution in [0.1, 0.15) is 21.5 Å². The number of para-hydroxylation sites is 1. The second kappa shape index (κ2) is 7.29. The smallest absolute Gasteiger partial charge is 0.279 e. The maximum atomic E-state index is 14.3. The van der Waals surface area contributed by atoms with E-state index in [2.05, 4.69) is 4.99 Å². The van der Waals surface area contributed by atoms with Gasteiger partial charge in [-0.1, -0.05) is 23.5 Å². The number of methoxy groups -OCH3 is 1. The van der Waals surface area contributed by atoms with Gasteiger partial charge in [-0.25, -0.2) is 4.39 Å². The number of aryl methyl sites for hydroxylation is 2. The number of rotatable bonds is 4. The lowest BCUT2D eigenvalue weighted by molar-refractivity contribution is 0.0997. The van der Waals surface area contributed by atoms with Gasteiger partial charge in [0.15, 0.2) is 4.80 Å². The van der Waals surface area contributed by atoms with Crippen LogP contribution in [0.15, 0.2) is 41.4 Å². The second-order valence-corrected chi connectivity index (χ2v) is 6.84. The first kappa shape index (κ1) is 17.5. The first-order chi connectivity index (χ1) is 12.0. The number of ether oxygens (including phenoxy) is 1. The lowest BCUT2D eigenvalue weighted by Gasteiger charge is -2.05. The summed E-state index contributed by atoms with van der Waals surface area (Å²) in [6, 6.07) is 10.4. The van der Waals surface area contributed by atoms with Crippen LogP contribution in [-0.4, -0.2) is 24.2 Å². The number of carbonyl (C=O) groups is 1. The van der Waals surface area contributed by atoms with Crippen molar-refractivity contribution in [1.29, 1.82) is 0 Å². The van der Waals surface area contributed by atoms with Gasteiger partial charge in [0.2, 0.25) is 0 Å². The standard InChI is InChI=1S/C19H19FN2O2S/c1-12-7-8-14(11-13(12)2)18(23)21-19-22(9-10-24-3)17-15(20)5-4-6-16(17)25-19/h4-8,11H,9-10H2,1-3H3. The summed E-state index contributed by atoms with van der Waals surface area (Å²) in [6.07, 6.45) is 0. The molecule has 0 atom stereocenters. The van der Waals surface area contributed by atoms with Crippen LogP contribution < -0.4 is 4.80 Å². The third kappa shape index (κ3) is 3.55. The quantitative estimate of drug-likeness (QED) is 0.711. The van der Waals surface area contributed by atoms with Crippen LogP contribution in [-0.2, 0) is 11.3 Å². The van der Waals surface area contributed by atoms with Crippen molar-refractivity contribution >= 4 is 27.5 Å². The summed E-state index contributed by atoms with van der Waals surface area (Å²) in [5.41, 5.74) is 3.14. The molecule has 0 saturated heterocycles. The molecular weight excluding hydrogens is 339 g/mol. The van der Waals surface area contributed by atoms with E-state index in [1.165, 1.54) is 17.4 Å². The number of carbonyl (C=O) groups excluding carboxylic acids is 1. The molecule has 0 spiro atoms. The Kier molecular flexibility index (Phi) is 5.11. The number of aromatic nitrogens is 1. The number of nitrogens with zero attached hydrogens (tertiary/aromatic N) is 2. The number of fused-ring (bicyclic) bond motifs is 1. The predicted octanol–water partition coefficient (Wildman–Crippen LogP) is 3.85. The largest absolute Gasteiger partial charge is 0.383 e. The van der Waals surface area contributed by atoms with E-state index in [0.717, 1.165) is 15.8 Å². The molecule has 0 saturated carbocycles. The van der Waals surface area contributed by atoms with Gasteiger partial charge in [-0.2, -0.15) is 4.99 Å². The summed E-state index contributed by atoms with van der Waals surface area (Å²) >= 11 is 1.30. The first-order valence-electron chi connectivity index (χ1n) is 7.94. The van der Waals surface area contributed by atoms with Crippen LogP contribution in [0.3, 0.4) is 0 Å². The highest BCUT2D eigenvalue weighted by Gasteiger charge is 2.12. The minimum absolute atomic E-state index is 0.329. The van der Waals surface area contributed by atoms with Crippen molar-refractivity contribution in [2.45, 2.75) is 20.4 Å². The van der Waals surface area contributed by atoms with Gasteiger partial charge in [-0.15, -0.1) is 0 Å². The van der Waals surface area contributed by atoms with Crippen molar-refractivity contribution in [3.05, 3.63) is 63.7 Å². The van der Waals surface area contributed by atoms with Crippen molar-refractivity contribution < 1.29 is 13.9 Å². The van der Waals surface area contributed by atoms with Gasteiger partial charge >= 0.3 is 0 Å². The Morgan fingerprint density at radius 2 is 2.04 bits per heavy atom. The van der Waals surface area contributed by atoms with Crippen molar-refractivity contribution in [3.8, 4) is 0 Å². The topological polar surface area (TPSA) is 43.6 Å². The molecule has 1 amide bonds. The Hall–Kier alpha value is -2.31. The summed E-state index contributed by atoms with van der Waals surface area (Å²) in [7, 11) is 1.59. The number of hydrogen-bond acceptors (Lipinski definition) is 3. The zero-order valence-corrected chi connectivity index (χ0v) is 15.2. The molecule has 0 aliphatic carbocycles. The van der Waals surface area contributed by atoms with E-state index in [0.29, 0.717) is 29.0 Å². The fraction of sp³-hybridized carbons (Fsp3) is 0.263. The van der Waals surface area contributed by atoms with Crippen LogP contribution >= 0.6 is 11.3 Å². The predicted molar refractivity (Wildman–Crippen MR) is 97.5 cm³/mol. The highest BCUT2D eigenvalue weighted by Crippen LogP contribution is 2.20. The molecule has 130 valence electrons. The molecule has 2 aromatic carbocycles. The molecular formula is C19H19FN2O2S. The molecule has 1 heterocycles. The zero-order valence-electron chi connectivity index (χ0n) is 14.4. The lowest BCUT2D eigenvalue weighted by Crippen LogP contribution is -2.20. The van der Waals surface area contributed by atoms with Gasteiger partial charge in [0, 0.05) is 19.2 Å². The highest BCUT2D eigenvalue weighted by molar-refractivity contribution is 7.16. The normalized spacial score (nSPS) is 12.1. The van der Waals surface area contributed by atoms with Crippen molar-refractivity contribution in [2.24, 2.45) is 4.99 Å². The Morgan fingerprint density at radius 1 is 1.24 bits per heavy atom. The van der Waals surface area contributed by atoms with E-state index < -0.39 is 0 Å². The van der Waals surface area contributed by atoms with Crippen LogP contribution in [0.2, 0.25) is 0 Å². The molecule has 0 unspecified atom stereocenters. The van der Waals surface area contributed by atoms with Crippen molar-refractivity contribution in [2.75, 3.05) is 13.7 Å². The molecule has 3 rings (SSSR count). The number of thiazole rings is 1. The van der Waals surface area contributed by atoms with E-state index in [1.807, 2.05) is 32.0 Å². The maximum absolute atomic E-state index is 14.3. The van der Waals surface area contributed by atoms with Gasteiger partial charge in [-0.3, -0.25) is 4.79 Å². The monoisotopic (exact) mass is 358 g/mol. The van der Waals surface area contributed by atoms with E-state index >= 15 is 0 Å². The molecule has 0 bridgehead atoms. The van der Waals surface area contributed by atoms with E-state index in [4.69, 9.17) is 4.74 Å². The average molecular weight is 358 g/mol. The van der Waals surface area contributed by atoms with Gasteiger partial charge in [0.25, 0.3) is 5.91 Å². The van der Waals surface area contributed by atoms with Gasteiger partial charge in [0.1, 0.15) is 5.82 Å². The zero-order chi connectivity index (χ0) is 18.0. The van der Waals surface area contributed by atoms with E-state index in [9.17, 15) is 9.18 Å². The van der Waals surface area contributed by atoms with Gasteiger partial charge in [0.05, 0.1) is 16.8 Å².